The minimum atomic E-state index is -0.665. The molecular formula is C18H26OSi. The Morgan fingerprint density at radius 3 is 2.85 bits per heavy atom. The van der Waals surface area contributed by atoms with Crippen molar-refractivity contribution in [1.29, 1.82) is 0 Å². The lowest BCUT2D eigenvalue weighted by atomic mass is 9.96. The first-order chi connectivity index (χ1) is 9.90. The van der Waals surface area contributed by atoms with Crippen LogP contribution in [0.15, 0.2) is 18.2 Å². The fourth-order valence-electron chi connectivity index (χ4n) is 3.60. The van der Waals surface area contributed by atoms with Gasteiger partial charge in [0, 0.05) is 5.56 Å². The number of rotatable bonds is 5. The first-order valence-electron chi connectivity index (χ1n) is 8.35. The van der Waals surface area contributed by atoms with E-state index >= 15 is 0 Å². The molecule has 1 heterocycles. The number of unbranched alkanes of at least 4 members (excludes halogenated alkanes) is 1. The van der Waals surface area contributed by atoms with Crippen molar-refractivity contribution in [3.8, 4) is 5.75 Å². The van der Waals surface area contributed by atoms with Crippen LogP contribution in [0.5, 0.6) is 5.75 Å². The summed E-state index contributed by atoms with van der Waals surface area (Å²) in [6.45, 7) is 3.09. The van der Waals surface area contributed by atoms with Crippen LogP contribution in [0, 0.1) is 0 Å². The molecule has 0 N–H and O–H groups in total. The molecule has 3 rings (SSSR count). The predicted molar refractivity (Wildman–Crippen MR) is 89.8 cm³/mol. The van der Waals surface area contributed by atoms with Crippen molar-refractivity contribution in [3.05, 3.63) is 29.3 Å². The molecule has 2 heteroatoms. The lowest BCUT2D eigenvalue weighted by Gasteiger charge is -2.22. The summed E-state index contributed by atoms with van der Waals surface area (Å²) in [5.74, 6) is 1.16. The Labute approximate surface area is 124 Å². The number of fused-ring (bicyclic) bond motifs is 1. The second kappa shape index (κ2) is 6.62. The van der Waals surface area contributed by atoms with E-state index in [1.54, 1.807) is 10.8 Å². The Balaban J connectivity index is 1.89. The van der Waals surface area contributed by atoms with Gasteiger partial charge in [0.15, 0.2) is 0 Å². The van der Waals surface area contributed by atoms with Gasteiger partial charge in [0.05, 0.1) is 15.4 Å². The SMILES string of the molecule is CCCCOc1ccc([SiH]2CCCC2)c2c1CCC=C2. The van der Waals surface area contributed by atoms with Crippen molar-refractivity contribution in [2.75, 3.05) is 6.61 Å². The van der Waals surface area contributed by atoms with Gasteiger partial charge in [0.25, 0.3) is 0 Å². The van der Waals surface area contributed by atoms with Crippen LogP contribution in [0.2, 0.25) is 12.1 Å². The molecule has 0 amide bonds. The van der Waals surface area contributed by atoms with Gasteiger partial charge in [0.2, 0.25) is 0 Å². The normalized spacial score (nSPS) is 18.2. The van der Waals surface area contributed by atoms with E-state index in [1.165, 1.54) is 49.8 Å². The lowest BCUT2D eigenvalue weighted by Crippen LogP contribution is -2.30. The molecule has 2 aliphatic rings. The van der Waals surface area contributed by atoms with Crippen molar-refractivity contribution in [2.24, 2.45) is 0 Å². The van der Waals surface area contributed by atoms with Crippen LogP contribution in [0.1, 0.15) is 50.2 Å². The van der Waals surface area contributed by atoms with E-state index in [2.05, 4.69) is 31.2 Å². The summed E-state index contributed by atoms with van der Waals surface area (Å²) in [4.78, 5) is 0. The summed E-state index contributed by atoms with van der Waals surface area (Å²) >= 11 is 0. The van der Waals surface area contributed by atoms with Crippen LogP contribution < -0.4 is 9.92 Å². The van der Waals surface area contributed by atoms with E-state index in [0.29, 0.717) is 0 Å². The smallest absolute Gasteiger partial charge is 0.123 e. The second-order valence-corrected chi connectivity index (χ2v) is 9.34. The van der Waals surface area contributed by atoms with Crippen molar-refractivity contribution in [3.63, 3.8) is 0 Å². The predicted octanol–water partition coefficient (Wildman–Crippen LogP) is 4.05. The maximum absolute atomic E-state index is 6.04. The third kappa shape index (κ3) is 2.85. The quantitative estimate of drug-likeness (QED) is 0.586. The summed E-state index contributed by atoms with van der Waals surface area (Å²) in [7, 11) is -0.665. The maximum atomic E-state index is 6.04. The van der Waals surface area contributed by atoms with E-state index in [-0.39, 0.29) is 0 Å². The fraction of sp³-hybridized carbons (Fsp3) is 0.556. The molecule has 0 radical (unpaired) electrons. The van der Waals surface area contributed by atoms with Crippen LogP contribution in [0.25, 0.3) is 6.08 Å². The molecule has 1 aromatic rings. The summed E-state index contributed by atoms with van der Waals surface area (Å²) in [6.07, 6.45) is 12.4. The van der Waals surface area contributed by atoms with Crippen molar-refractivity contribution < 1.29 is 4.74 Å². The van der Waals surface area contributed by atoms with Crippen LogP contribution in [0.3, 0.4) is 0 Å². The van der Waals surface area contributed by atoms with Crippen molar-refractivity contribution in [2.45, 2.75) is 57.5 Å². The number of ether oxygens (including phenoxy) is 1. The molecule has 0 bridgehead atoms. The van der Waals surface area contributed by atoms with Crippen LogP contribution in [-0.4, -0.2) is 15.4 Å². The van der Waals surface area contributed by atoms with E-state index in [0.717, 1.165) is 18.8 Å². The summed E-state index contributed by atoms with van der Waals surface area (Å²) in [6, 6.07) is 7.69. The number of benzene rings is 1. The third-order valence-electron chi connectivity index (χ3n) is 4.74. The van der Waals surface area contributed by atoms with E-state index in [1.807, 2.05) is 0 Å². The zero-order valence-corrected chi connectivity index (χ0v) is 13.8. The fourth-order valence-corrected chi connectivity index (χ4v) is 7.15. The van der Waals surface area contributed by atoms with Gasteiger partial charge in [-0.3, -0.25) is 0 Å². The van der Waals surface area contributed by atoms with E-state index in [9.17, 15) is 0 Å². The number of hydrogen-bond acceptors (Lipinski definition) is 1. The molecule has 0 unspecified atom stereocenters. The van der Waals surface area contributed by atoms with Gasteiger partial charge in [-0.2, -0.15) is 0 Å². The summed E-state index contributed by atoms with van der Waals surface area (Å²) in [5, 5.41) is 1.72. The molecule has 1 aliphatic heterocycles. The average Bonchev–Trinajstić information content (AvgIpc) is 3.01. The van der Waals surface area contributed by atoms with E-state index < -0.39 is 8.80 Å². The van der Waals surface area contributed by atoms with Crippen LogP contribution in [-0.2, 0) is 6.42 Å². The molecule has 0 atom stereocenters. The van der Waals surface area contributed by atoms with Crippen LogP contribution in [0.4, 0.5) is 0 Å². The Morgan fingerprint density at radius 2 is 2.05 bits per heavy atom. The first kappa shape index (κ1) is 13.9. The molecule has 1 aliphatic carbocycles. The second-order valence-electron chi connectivity index (χ2n) is 6.17. The molecule has 0 spiro atoms. The number of hydrogen-bond donors (Lipinski definition) is 0. The minimum Gasteiger partial charge on any atom is -0.493 e. The molecule has 1 aromatic carbocycles. The van der Waals surface area contributed by atoms with Gasteiger partial charge in [-0.05, 0) is 30.9 Å². The first-order valence-corrected chi connectivity index (χ1v) is 10.6. The monoisotopic (exact) mass is 286 g/mol. The van der Waals surface area contributed by atoms with Crippen molar-refractivity contribution >= 4 is 20.1 Å². The van der Waals surface area contributed by atoms with Crippen LogP contribution >= 0.6 is 0 Å². The van der Waals surface area contributed by atoms with E-state index in [4.69, 9.17) is 4.74 Å². The zero-order chi connectivity index (χ0) is 13.8. The molecule has 1 nitrogen and oxygen atoms in total. The standard InChI is InChI=1S/C18H26OSi/c1-2-3-12-19-17-10-11-18(20-13-6-7-14-20)16-9-5-4-8-15(16)17/h5,9-11,20H,2-4,6-8,12-14H2,1H3. The largest absolute Gasteiger partial charge is 0.493 e. The highest BCUT2D eigenvalue weighted by atomic mass is 28.3. The van der Waals surface area contributed by atoms with Gasteiger partial charge in [-0.15, -0.1) is 0 Å². The van der Waals surface area contributed by atoms with Gasteiger partial charge in [-0.1, -0.05) is 61.7 Å². The maximum Gasteiger partial charge on any atom is 0.123 e. The van der Waals surface area contributed by atoms with Gasteiger partial charge < -0.3 is 4.74 Å². The minimum absolute atomic E-state index is 0.665. The average molecular weight is 286 g/mol. The molecular weight excluding hydrogens is 260 g/mol. The molecule has 0 saturated carbocycles. The molecule has 1 fully saturated rings. The van der Waals surface area contributed by atoms with Crippen molar-refractivity contribution in [1.82, 2.24) is 0 Å². The zero-order valence-electron chi connectivity index (χ0n) is 12.7. The molecule has 20 heavy (non-hydrogen) atoms. The van der Waals surface area contributed by atoms with Gasteiger partial charge >= 0.3 is 0 Å². The lowest BCUT2D eigenvalue weighted by molar-refractivity contribution is 0.306. The highest BCUT2D eigenvalue weighted by Gasteiger charge is 2.24. The highest BCUT2D eigenvalue weighted by Crippen LogP contribution is 2.30. The topological polar surface area (TPSA) is 9.23 Å². The Kier molecular flexibility index (Phi) is 4.61. The summed E-state index contributed by atoms with van der Waals surface area (Å²) < 4.78 is 6.04. The van der Waals surface area contributed by atoms with Gasteiger partial charge in [-0.25, -0.2) is 0 Å². The molecule has 0 aromatic heterocycles. The Morgan fingerprint density at radius 1 is 1.20 bits per heavy atom. The summed E-state index contributed by atoms with van der Waals surface area (Å²) in [5.41, 5.74) is 3.05. The third-order valence-corrected chi connectivity index (χ3v) is 8.34. The molecule has 108 valence electrons. The Hall–Kier alpha value is -1.02. The number of allylic oxidation sites excluding steroid dienone is 1. The highest BCUT2D eigenvalue weighted by molar-refractivity contribution is 6.74. The van der Waals surface area contributed by atoms with Gasteiger partial charge in [0.1, 0.15) is 5.75 Å². The molecule has 1 saturated heterocycles. The Bertz CT molecular complexity index is 486.